The molecule has 0 aliphatic heterocycles. The van der Waals surface area contributed by atoms with Crippen molar-refractivity contribution in [2.75, 3.05) is 12.4 Å². The summed E-state index contributed by atoms with van der Waals surface area (Å²) in [6, 6.07) is 18.3. The lowest BCUT2D eigenvalue weighted by Crippen LogP contribution is -2.30. The molecule has 0 bridgehead atoms. The maximum absolute atomic E-state index is 12.8. The average molecular weight is 388 g/mol. The summed E-state index contributed by atoms with van der Waals surface area (Å²) in [5, 5.41) is 10.1. The normalized spacial score (nSPS) is 14.3. The molecule has 6 heteroatoms. The van der Waals surface area contributed by atoms with E-state index < -0.39 is 0 Å². The molecular formula is C23H24N4O2. The van der Waals surface area contributed by atoms with E-state index in [9.17, 15) is 9.59 Å². The topological polar surface area (TPSA) is 78.1 Å². The highest BCUT2D eigenvalue weighted by molar-refractivity contribution is 6.04. The molecule has 0 saturated heterocycles. The molecule has 2 amide bonds. The first kappa shape index (κ1) is 18.9. The van der Waals surface area contributed by atoms with Crippen LogP contribution in [0.3, 0.4) is 0 Å². The molecule has 1 fully saturated rings. The van der Waals surface area contributed by atoms with Crippen molar-refractivity contribution in [2.24, 2.45) is 0 Å². The van der Waals surface area contributed by atoms with Crippen LogP contribution in [0.1, 0.15) is 63.8 Å². The van der Waals surface area contributed by atoms with Gasteiger partial charge in [-0.3, -0.25) is 14.7 Å². The van der Waals surface area contributed by atoms with Gasteiger partial charge in [-0.15, -0.1) is 0 Å². The molecule has 1 saturated carbocycles. The van der Waals surface area contributed by atoms with Gasteiger partial charge in [-0.05, 0) is 55.7 Å². The first-order valence-corrected chi connectivity index (χ1v) is 9.82. The number of anilines is 1. The summed E-state index contributed by atoms with van der Waals surface area (Å²) >= 11 is 0. The van der Waals surface area contributed by atoms with Crippen LogP contribution >= 0.6 is 0 Å². The van der Waals surface area contributed by atoms with E-state index in [0.717, 1.165) is 24.1 Å². The first-order chi connectivity index (χ1) is 14.0. The second-order valence-electron chi connectivity index (χ2n) is 7.52. The Kier molecular flexibility index (Phi) is 5.16. The Hall–Kier alpha value is -3.41. The fourth-order valence-electron chi connectivity index (χ4n) is 3.30. The van der Waals surface area contributed by atoms with Crippen LogP contribution in [0.4, 0.5) is 5.69 Å². The molecule has 1 aromatic heterocycles. The van der Waals surface area contributed by atoms with Crippen molar-refractivity contribution in [1.82, 2.24) is 15.1 Å². The van der Waals surface area contributed by atoms with Gasteiger partial charge in [0.1, 0.15) is 5.69 Å². The SMILES string of the molecule is CC(c1cccc(NC(=O)c2ccccc2)c1)N(C)C(=O)c1cc(C2CC2)[nH]n1. The maximum Gasteiger partial charge on any atom is 0.274 e. The molecule has 2 N–H and O–H groups in total. The smallest absolute Gasteiger partial charge is 0.274 e. The lowest BCUT2D eigenvalue weighted by molar-refractivity contribution is 0.0736. The number of rotatable bonds is 6. The second-order valence-corrected chi connectivity index (χ2v) is 7.52. The average Bonchev–Trinajstić information content (AvgIpc) is 3.49. The van der Waals surface area contributed by atoms with E-state index in [-0.39, 0.29) is 17.9 Å². The minimum absolute atomic E-state index is 0.126. The highest BCUT2D eigenvalue weighted by atomic mass is 16.2. The van der Waals surface area contributed by atoms with E-state index in [4.69, 9.17) is 0 Å². The third-order valence-corrected chi connectivity index (χ3v) is 5.40. The predicted molar refractivity (Wildman–Crippen MR) is 112 cm³/mol. The van der Waals surface area contributed by atoms with Crippen LogP contribution in [-0.2, 0) is 0 Å². The quantitative estimate of drug-likeness (QED) is 0.658. The standard InChI is InChI=1S/C23H24N4O2/c1-15(27(2)23(29)21-14-20(25-26-21)16-11-12-16)18-9-6-10-19(13-18)24-22(28)17-7-4-3-5-8-17/h3-10,13-16H,11-12H2,1-2H3,(H,24,28)(H,25,26). The van der Waals surface area contributed by atoms with Crippen LogP contribution in [0.5, 0.6) is 0 Å². The molecule has 1 aliphatic rings. The number of carbonyl (C=O) groups excluding carboxylic acids is 2. The van der Waals surface area contributed by atoms with Gasteiger partial charge in [0.05, 0.1) is 6.04 Å². The molecule has 1 unspecified atom stereocenters. The molecular weight excluding hydrogens is 364 g/mol. The molecule has 1 heterocycles. The van der Waals surface area contributed by atoms with Gasteiger partial charge in [-0.1, -0.05) is 30.3 Å². The van der Waals surface area contributed by atoms with Crippen LogP contribution < -0.4 is 5.32 Å². The van der Waals surface area contributed by atoms with Crippen molar-refractivity contribution in [3.8, 4) is 0 Å². The fourth-order valence-corrected chi connectivity index (χ4v) is 3.30. The van der Waals surface area contributed by atoms with Gasteiger partial charge in [0, 0.05) is 29.9 Å². The Labute approximate surface area is 169 Å². The van der Waals surface area contributed by atoms with Crippen molar-refractivity contribution in [3.05, 3.63) is 83.2 Å². The van der Waals surface area contributed by atoms with Crippen molar-refractivity contribution >= 4 is 17.5 Å². The molecule has 1 atom stereocenters. The zero-order valence-corrected chi connectivity index (χ0v) is 16.6. The molecule has 2 aromatic carbocycles. The van der Waals surface area contributed by atoms with Gasteiger partial charge < -0.3 is 10.2 Å². The zero-order chi connectivity index (χ0) is 20.4. The van der Waals surface area contributed by atoms with Crippen molar-refractivity contribution in [1.29, 1.82) is 0 Å². The van der Waals surface area contributed by atoms with E-state index in [0.29, 0.717) is 22.9 Å². The third kappa shape index (κ3) is 4.21. The van der Waals surface area contributed by atoms with Gasteiger partial charge in [0.2, 0.25) is 0 Å². The van der Waals surface area contributed by atoms with E-state index in [2.05, 4.69) is 15.5 Å². The van der Waals surface area contributed by atoms with E-state index in [1.165, 1.54) is 0 Å². The highest BCUT2D eigenvalue weighted by Crippen LogP contribution is 2.39. The Morgan fingerprint density at radius 1 is 1.10 bits per heavy atom. The van der Waals surface area contributed by atoms with Crippen LogP contribution in [0.2, 0.25) is 0 Å². The van der Waals surface area contributed by atoms with Crippen LogP contribution in [0.15, 0.2) is 60.7 Å². The number of benzene rings is 2. The largest absolute Gasteiger partial charge is 0.334 e. The molecule has 0 radical (unpaired) electrons. The number of aromatic nitrogens is 2. The van der Waals surface area contributed by atoms with E-state index in [1.807, 2.05) is 55.5 Å². The van der Waals surface area contributed by atoms with Gasteiger partial charge in [0.15, 0.2) is 0 Å². The Balaban J connectivity index is 1.46. The van der Waals surface area contributed by atoms with Crippen LogP contribution in [0, 0.1) is 0 Å². The molecule has 148 valence electrons. The lowest BCUT2D eigenvalue weighted by atomic mass is 10.1. The molecule has 1 aliphatic carbocycles. The summed E-state index contributed by atoms with van der Waals surface area (Å²) in [5.41, 5.74) is 3.71. The van der Waals surface area contributed by atoms with Gasteiger partial charge in [-0.2, -0.15) is 5.10 Å². The number of H-pyrrole nitrogens is 1. The predicted octanol–water partition coefficient (Wildman–Crippen LogP) is 4.37. The Morgan fingerprint density at radius 2 is 1.86 bits per heavy atom. The molecule has 6 nitrogen and oxygen atoms in total. The third-order valence-electron chi connectivity index (χ3n) is 5.40. The van der Waals surface area contributed by atoms with Gasteiger partial charge >= 0.3 is 0 Å². The number of hydrogen-bond acceptors (Lipinski definition) is 3. The van der Waals surface area contributed by atoms with E-state index in [1.54, 1.807) is 24.1 Å². The second kappa shape index (κ2) is 7.91. The lowest BCUT2D eigenvalue weighted by Gasteiger charge is -2.25. The molecule has 4 rings (SSSR count). The summed E-state index contributed by atoms with van der Waals surface area (Å²) in [4.78, 5) is 26.9. The fraction of sp³-hybridized carbons (Fsp3) is 0.261. The van der Waals surface area contributed by atoms with E-state index >= 15 is 0 Å². The number of hydrogen-bond donors (Lipinski definition) is 2. The summed E-state index contributed by atoms with van der Waals surface area (Å²) in [6.07, 6.45) is 2.31. The first-order valence-electron chi connectivity index (χ1n) is 9.82. The number of carbonyl (C=O) groups is 2. The number of aromatic amines is 1. The number of amides is 2. The molecule has 0 spiro atoms. The van der Waals surface area contributed by atoms with Crippen molar-refractivity contribution in [3.63, 3.8) is 0 Å². The minimum atomic E-state index is -0.169. The van der Waals surface area contributed by atoms with Crippen molar-refractivity contribution in [2.45, 2.75) is 31.7 Å². The zero-order valence-electron chi connectivity index (χ0n) is 16.6. The van der Waals surface area contributed by atoms with Crippen molar-refractivity contribution < 1.29 is 9.59 Å². The Bertz CT molecular complexity index is 1020. The summed E-state index contributed by atoms with van der Waals surface area (Å²) in [5.74, 6) is 0.236. The van der Waals surface area contributed by atoms with Gasteiger partial charge in [0.25, 0.3) is 11.8 Å². The summed E-state index contributed by atoms with van der Waals surface area (Å²) in [7, 11) is 1.77. The maximum atomic E-state index is 12.8. The molecule has 3 aromatic rings. The highest BCUT2D eigenvalue weighted by Gasteiger charge is 2.28. The monoisotopic (exact) mass is 388 g/mol. The molecule has 29 heavy (non-hydrogen) atoms. The van der Waals surface area contributed by atoms with Crippen LogP contribution in [-0.4, -0.2) is 34.0 Å². The van der Waals surface area contributed by atoms with Crippen LogP contribution in [0.25, 0.3) is 0 Å². The summed E-state index contributed by atoms with van der Waals surface area (Å²) < 4.78 is 0. The minimum Gasteiger partial charge on any atom is -0.334 e. The summed E-state index contributed by atoms with van der Waals surface area (Å²) in [6.45, 7) is 1.96. The Morgan fingerprint density at radius 3 is 2.59 bits per heavy atom. The van der Waals surface area contributed by atoms with Gasteiger partial charge in [-0.25, -0.2) is 0 Å². The number of nitrogens with one attached hydrogen (secondary N) is 2. The number of nitrogens with zero attached hydrogens (tertiary/aromatic N) is 2.